The number of alkyl carbamates (subject to hydrolysis) is 1. The Morgan fingerprint density at radius 3 is 2.72 bits per heavy atom. The van der Waals surface area contributed by atoms with Crippen molar-refractivity contribution < 1.29 is 9.53 Å². The van der Waals surface area contributed by atoms with Gasteiger partial charge in [0.05, 0.1) is 0 Å². The average Bonchev–Trinajstić information content (AvgIpc) is 2.26. The number of hydrogen-bond acceptors (Lipinski definition) is 3. The van der Waals surface area contributed by atoms with E-state index < -0.39 is 5.60 Å². The Kier molecular flexibility index (Phi) is 5.45. The summed E-state index contributed by atoms with van der Waals surface area (Å²) in [7, 11) is 0. The van der Waals surface area contributed by atoms with E-state index >= 15 is 0 Å². The first-order chi connectivity index (χ1) is 8.33. The minimum absolute atomic E-state index is 0.173. The molecule has 0 saturated carbocycles. The van der Waals surface area contributed by atoms with Crippen LogP contribution in [0.3, 0.4) is 0 Å². The zero-order valence-electron chi connectivity index (χ0n) is 12.4. The van der Waals surface area contributed by atoms with E-state index in [1.165, 1.54) is 0 Å². The molecular weight excluding hydrogens is 228 g/mol. The highest BCUT2D eigenvalue weighted by atomic mass is 16.6. The standard InChI is InChI=1S/C14H28N2O2/c1-6-11-9-15-8-7-12(11)10(2)16-13(17)18-14(3,4)5/h10-12,15H,6-9H2,1-5H3,(H,16,17). The topological polar surface area (TPSA) is 50.4 Å². The van der Waals surface area contributed by atoms with E-state index in [9.17, 15) is 4.79 Å². The lowest BCUT2D eigenvalue weighted by molar-refractivity contribution is 0.0469. The molecule has 18 heavy (non-hydrogen) atoms. The molecule has 3 atom stereocenters. The van der Waals surface area contributed by atoms with Crippen LogP contribution in [-0.2, 0) is 4.74 Å². The van der Waals surface area contributed by atoms with Crippen LogP contribution >= 0.6 is 0 Å². The highest BCUT2D eigenvalue weighted by Gasteiger charge is 2.30. The molecule has 4 heteroatoms. The second-order valence-electron chi connectivity index (χ2n) is 6.26. The molecule has 1 amide bonds. The first-order valence-corrected chi connectivity index (χ1v) is 7.03. The lowest BCUT2D eigenvalue weighted by atomic mass is 9.80. The summed E-state index contributed by atoms with van der Waals surface area (Å²) >= 11 is 0. The van der Waals surface area contributed by atoms with Crippen LogP contribution < -0.4 is 10.6 Å². The fourth-order valence-electron chi connectivity index (χ4n) is 2.65. The molecule has 0 aromatic heterocycles. The van der Waals surface area contributed by atoms with E-state index in [0.717, 1.165) is 25.9 Å². The Morgan fingerprint density at radius 2 is 2.17 bits per heavy atom. The summed E-state index contributed by atoms with van der Waals surface area (Å²) < 4.78 is 5.30. The second kappa shape index (κ2) is 6.41. The van der Waals surface area contributed by atoms with Gasteiger partial charge in [0, 0.05) is 6.04 Å². The van der Waals surface area contributed by atoms with E-state index in [1.54, 1.807) is 0 Å². The molecule has 1 aliphatic heterocycles. The number of carbonyl (C=O) groups excluding carboxylic acids is 1. The van der Waals surface area contributed by atoms with E-state index in [1.807, 2.05) is 20.8 Å². The molecule has 0 aromatic rings. The van der Waals surface area contributed by atoms with Crippen molar-refractivity contribution in [3.05, 3.63) is 0 Å². The summed E-state index contributed by atoms with van der Waals surface area (Å²) in [6.45, 7) is 12.1. The van der Waals surface area contributed by atoms with Crippen LogP contribution in [0.4, 0.5) is 4.79 Å². The molecule has 0 radical (unpaired) electrons. The van der Waals surface area contributed by atoms with Crippen molar-refractivity contribution in [2.75, 3.05) is 13.1 Å². The van der Waals surface area contributed by atoms with Crippen molar-refractivity contribution in [2.24, 2.45) is 11.8 Å². The van der Waals surface area contributed by atoms with Crippen LogP contribution in [0.1, 0.15) is 47.5 Å². The van der Waals surface area contributed by atoms with Gasteiger partial charge in [-0.2, -0.15) is 0 Å². The highest BCUT2D eigenvalue weighted by Crippen LogP contribution is 2.25. The van der Waals surface area contributed by atoms with Crippen LogP contribution in [0.2, 0.25) is 0 Å². The third kappa shape index (κ3) is 4.84. The molecule has 0 aliphatic carbocycles. The summed E-state index contributed by atoms with van der Waals surface area (Å²) in [6, 6.07) is 0.173. The maximum atomic E-state index is 11.8. The Balaban J connectivity index is 2.48. The molecule has 1 aliphatic rings. The van der Waals surface area contributed by atoms with Crippen molar-refractivity contribution >= 4 is 6.09 Å². The normalized spacial score (nSPS) is 26.5. The molecule has 2 N–H and O–H groups in total. The molecular formula is C14H28N2O2. The van der Waals surface area contributed by atoms with Gasteiger partial charge < -0.3 is 15.4 Å². The molecule has 1 fully saturated rings. The number of hydrogen-bond donors (Lipinski definition) is 2. The molecule has 0 spiro atoms. The van der Waals surface area contributed by atoms with Crippen molar-refractivity contribution in [1.29, 1.82) is 0 Å². The van der Waals surface area contributed by atoms with Gasteiger partial charge in [-0.15, -0.1) is 0 Å². The summed E-state index contributed by atoms with van der Waals surface area (Å²) in [5.74, 6) is 1.19. The Hall–Kier alpha value is -0.770. The second-order valence-corrected chi connectivity index (χ2v) is 6.26. The van der Waals surface area contributed by atoms with Crippen LogP contribution in [0.25, 0.3) is 0 Å². The van der Waals surface area contributed by atoms with Gasteiger partial charge in [0.2, 0.25) is 0 Å². The quantitative estimate of drug-likeness (QED) is 0.816. The largest absolute Gasteiger partial charge is 0.444 e. The molecule has 1 saturated heterocycles. The summed E-state index contributed by atoms with van der Waals surface area (Å²) in [6.07, 6.45) is 1.97. The Morgan fingerprint density at radius 1 is 1.50 bits per heavy atom. The van der Waals surface area contributed by atoms with Crippen molar-refractivity contribution in [3.63, 3.8) is 0 Å². The number of rotatable bonds is 3. The third-order valence-corrected chi connectivity index (χ3v) is 3.58. The van der Waals surface area contributed by atoms with Crippen LogP contribution in [0.5, 0.6) is 0 Å². The Labute approximate surface area is 111 Å². The number of amides is 1. The fourth-order valence-corrected chi connectivity index (χ4v) is 2.65. The molecule has 0 bridgehead atoms. The zero-order valence-corrected chi connectivity index (χ0v) is 12.4. The molecule has 106 valence electrons. The highest BCUT2D eigenvalue weighted by molar-refractivity contribution is 5.68. The molecule has 4 nitrogen and oxygen atoms in total. The minimum Gasteiger partial charge on any atom is -0.444 e. The first kappa shape index (κ1) is 15.3. The minimum atomic E-state index is -0.428. The average molecular weight is 256 g/mol. The van der Waals surface area contributed by atoms with Gasteiger partial charge in [0.15, 0.2) is 0 Å². The smallest absolute Gasteiger partial charge is 0.407 e. The fraction of sp³-hybridized carbons (Fsp3) is 0.929. The lowest BCUT2D eigenvalue weighted by Gasteiger charge is -2.36. The van der Waals surface area contributed by atoms with Gasteiger partial charge in [-0.05, 0) is 59.0 Å². The van der Waals surface area contributed by atoms with E-state index in [4.69, 9.17) is 4.74 Å². The van der Waals surface area contributed by atoms with Gasteiger partial charge in [-0.3, -0.25) is 0 Å². The number of carbonyl (C=O) groups is 1. The Bertz CT molecular complexity index is 273. The van der Waals surface area contributed by atoms with Gasteiger partial charge in [0.1, 0.15) is 5.60 Å². The SMILES string of the molecule is CCC1CNCCC1C(C)NC(=O)OC(C)(C)C. The number of ether oxygens (including phenoxy) is 1. The maximum absolute atomic E-state index is 11.8. The summed E-state index contributed by atoms with van der Waals surface area (Å²) in [5.41, 5.74) is -0.428. The molecule has 3 unspecified atom stereocenters. The van der Waals surface area contributed by atoms with Crippen LogP contribution in [0, 0.1) is 11.8 Å². The van der Waals surface area contributed by atoms with Crippen molar-refractivity contribution in [3.8, 4) is 0 Å². The van der Waals surface area contributed by atoms with Gasteiger partial charge in [-0.1, -0.05) is 13.3 Å². The van der Waals surface area contributed by atoms with Crippen LogP contribution in [-0.4, -0.2) is 30.8 Å². The maximum Gasteiger partial charge on any atom is 0.407 e. The van der Waals surface area contributed by atoms with Crippen molar-refractivity contribution in [2.45, 2.75) is 59.1 Å². The molecule has 0 aromatic carbocycles. The van der Waals surface area contributed by atoms with Crippen molar-refractivity contribution in [1.82, 2.24) is 10.6 Å². The molecule has 1 rings (SSSR count). The van der Waals surface area contributed by atoms with Gasteiger partial charge in [-0.25, -0.2) is 4.79 Å². The van der Waals surface area contributed by atoms with Gasteiger partial charge >= 0.3 is 6.09 Å². The first-order valence-electron chi connectivity index (χ1n) is 7.03. The number of piperidine rings is 1. The summed E-state index contributed by atoms with van der Waals surface area (Å²) in [5, 5.41) is 6.40. The lowest BCUT2D eigenvalue weighted by Crippen LogP contribution is -2.48. The van der Waals surface area contributed by atoms with E-state index in [2.05, 4.69) is 24.5 Å². The van der Waals surface area contributed by atoms with E-state index in [0.29, 0.717) is 11.8 Å². The summed E-state index contributed by atoms with van der Waals surface area (Å²) in [4.78, 5) is 11.8. The monoisotopic (exact) mass is 256 g/mol. The predicted molar refractivity (Wildman–Crippen MR) is 73.6 cm³/mol. The third-order valence-electron chi connectivity index (χ3n) is 3.58. The van der Waals surface area contributed by atoms with E-state index in [-0.39, 0.29) is 12.1 Å². The predicted octanol–water partition coefficient (Wildman–Crippen LogP) is 2.54. The van der Waals surface area contributed by atoms with Crippen LogP contribution in [0.15, 0.2) is 0 Å². The number of nitrogens with one attached hydrogen (secondary N) is 2. The molecule has 1 heterocycles. The van der Waals surface area contributed by atoms with Gasteiger partial charge in [0.25, 0.3) is 0 Å². The zero-order chi connectivity index (χ0) is 13.8.